The second-order valence-corrected chi connectivity index (χ2v) is 5.71. The number of nitrogens with one attached hydrogen (secondary N) is 1. The minimum Gasteiger partial charge on any atom is -0.439 e. The van der Waals surface area contributed by atoms with E-state index in [4.69, 9.17) is 4.42 Å². The van der Waals surface area contributed by atoms with Crippen molar-refractivity contribution in [3.05, 3.63) is 41.7 Å². The standard InChI is InChI=1S/C15H19FN2O/c1-10-5-6-12(16)11(7-10)13-8-17-14(19-13)9-18-15(2,3)4/h5-8,18H,9H2,1-4H3. The normalized spacial score (nSPS) is 11.8. The van der Waals surface area contributed by atoms with Crippen LogP contribution in [0.3, 0.4) is 0 Å². The number of halogens is 1. The molecule has 19 heavy (non-hydrogen) atoms. The van der Waals surface area contributed by atoms with E-state index >= 15 is 0 Å². The largest absolute Gasteiger partial charge is 0.439 e. The Labute approximate surface area is 112 Å². The van der Waals surface area contributed by atoms with Crippen LogP contribution in [0.15, 0.2) is 28.8 Å². The minimum absolute atomic E-state index is 0.0107. The van der Waals surface area contributed by atoms with Crippen molar-refractivity contribution in [3.8, 4) is 11.3 Å². The number of oxazole rings is 1. The highest BCUT2D eigenvalue weighted by Gasteiger charge is 2.13. The van der Waals surface area contributed by atoms with Crippen LogP contribution in [0.4, 0.5) is 4.39 Å². The summed E-state index contributed by atoms with van der Waals surface area (Å²) < 4.78 is 19.3. The van der Waals surface area contributed by atoms with E-state index in [0.29, 0.717) is 23.8 Å². The van der Waals surface area contributed by atoms with Crippen LogP contribution < -0.4 is 5.32 Å². The van der Waals surface area contributed by atoms with E-state index < -0.39 is 0 Å². The van der Waals surface area contributed by atoms with Crippen LogP contribution >= 0.6 is 0 Å². The van der Waals surface area contributed by atoms with E-state index in [1.165, 1.54) is 6.07 Å². The summed E-state index contributed by atoms with van der Waals surface area (Å²) in [6.45, 7) is 8.64. The SMILES string of the molecule is Cc1ccc(F)c(-c2cnc(CNC(C)(C)C)o2)c1. The number of hydrogen-bond donors (Lipinski definition) is 1. The highest BCUT2D eigenvalue weighted by atomic mass is 19.1. The van der Waals surface area contributed by atoms with Crippen molar-refractivity contribution in [1.29, 1.82) is 0 Å². The van der Waals surface area contributed by atoms with Gasteiger partial charge in [0, 0.05) is 5.54 Å². The second kappa shape index (κ2) is 5.13. The van der Waals surface area contributed by atoms with Gasteiger partial charge in [-0.1, -0.05) is 11.6 Å². The van der Waals surface area contributed by atoms with E-state index in [1.807, 2.05) is 6.92 Å². The summed E-state index contributed by atoms with van der Waals surface area (Å²) >= 11 is 0. The van der Waals surface area contributed by atoms with Gasteiger partial charge >= 0.3 is 0 Å². The quantitative estimate of drug-likeness (QED) is 0.917. The Balaban J connectivity index is 2.19. The molecule has 2 rings (SSSR count). The maximum Gasteiger partial charge on any atom is 0.208 e. The van der Waals surface area contributed by atoms with Crippen LogP contribution in [-0.4, -0.2) is 10.5 Å². The molecule has 0 unspecified atom stereocenters. The first kappa shape index (κ1) is 13.7. The summed E-state index contributed by atoms with van der Waals surface area (Å²) in [5, 5.41) is 3.28. The van der Waals surface area contributed by atoms with Gasteiger partial charge in [0.25, 0.3) is 0 Å². The topological polar surface area (TPSA) is 38.1 Å². The van der Waals surface area contributed by atoms with Crippen molar-refractivity contribution in [1.82, 2.24) is 10.3 Å². The number of rotatable bonds is 3. The van der Waals surface area contributed by atoms with Crippen molar-refractivity contribution in [3.63, 3.8) is 0 Å². The summed E-state index contributed by atoms with van der Waals surface area (Å²) in [7, 11) is 0. The predicted molar refractivity (Wildman–Crippen MR) is 73.2 cm³/mol. The zero-order valence-electron chi connectivity index (χ0n) is 11.7. The van der Waals surface area contributed by atoms with Gasteiger partial charge in [-0.05, 0) is 39.8 Å². The third-order valence-electron chi connectivity index (χ3n) is 2.71. The summed E-state index contributed by atoms with van der Waals surface area (Å²) in [6, 6.07) is 4.94. The first-order valence-electron chi connectivity index (χ1n) is 6.31. The number of nitrogens with zero attached hydrogens (tertiary/aromatic N) is 1. The fraction of sp³-hybridized carbons (Fsp3) is 0.400. The van der Waals surface area contributed by atoms with Crippen molar-refractivity contribution < 1.29 is 8.81 Å². The van der Waals surface area contributed by atoms with Crippen molar-refractivity contribution in [2.45, 2.75) is 39.8 Å². The van der Waals surface area contributed by atoms with Crippen molar-refractivity contribution in [2.24, 2.45) is 0 Å². The Kier molecular flexibility index (Phi) is 3.71. The zero-order chi connectivity index (χ0) is 14.0. The smallest absolute Gasteiger partial charge is 0.208 e. The van der Waals surface area contributed by atoms with E-state index in [2.05, 4.69) is 31.1 Å². The number of hydrogen-bond acceptors (Lipinski definition) is 3. The predicted octanol–water partition coefficient (Wildman–Crippen LogP) is 3.68. The number of aromatic nitrogens is 1. The molecule has 0 aliphatic heterocycles. The minimum atomic E-state index is -0.294. The molecule has 2 aromatic rings. The zero-order valence-corrected chi connectivity index (χ0v) is 11.7. The molecule has 0 aliphatic rings. The third kappa shape index (κ3) is 3.64. The first-order chi connectivity index (χ1) is 8.85. The molecule has 1 aromatic carbocycles. The Bertz CT molecular complexity index is 570. The summed E-state index contributed by atoms with van der Waals surface area (Å²) in [6.07, 6.45) is 1.57. The van der Waals surface area contributed by atoms with Crippen LogP contribution in [-0.2, 0) is 6.54 Å². The van der Waals surface area contributed by atoms with Gasteiger partial charge in [-0.25, -0.2) is 9.37 Å². The monoisotopic (exact) mass is 262 g/mol. The lowest BCUT2D eigenvalue weighted by atomic mass is 10.1. The van der Waals surface area contributed by atoms with Crippen LogP contribution in [0.5, 0.6) is 0 Å². The molecule has 0 aliphatic carbocycles. The average Bonchev–Trinajstić information content (AvgIpc) is 2.77. The molecule has 0 spiro atoms. The number of benzene rings is 1. The molecule has 0 atom stereocenters. The lowest BCUT2D eigenvalue weighted by molar-refractivity contribution is 0.383. The van der Waals surface area contributed by atoms with Crippen LogP contribution in [0.2, 0.25) is 0 Å². The van der Waals surface area contributed by atoms with Gasteiger partial charge in [-0.3, -0.25) is 0 Å². The van der Waals surface area contributed by atoms with Gasteiger partial charge in [-0.15, -0.1) is 0 Å². The van der Waals surface area contributed by atoms with Gasteiger partial charge in [0.1, 0.15) is 5.82 Å². The molecule has 1 N–H and O–H groups in total. The summed E-state index contributed by atoms with van der Waals surface area (Å²) in [5.41, 5.74) is 1.43. The van der Waals surface area contributed by atoms with Gasteiger partial charge in [-0.2, -0.15) is 0 Å². The van der Waals surface area contributed by atoms with Gasteiger partial charge in [0.2, 0.25) is 5.89 Å². The highest BCUT2D eigenvalue weighted by Crippen LogP contribution is 2.24. The molecule has 3 nitrogen and oxygen atoms in total. The van der Waals surface area contributed by atoms with Crippen LogP contribution in [0, 0.1) is 12.7 Å². The molecule has 1 aromatic heterocycles. The molecule has 0 radical (unpaired) electrons. The van der Waals surface area contributed by atoms with Crippen molar-refractivity contribution in [2.75, 3.05) is 0 Å². The van der Waals surface area contributed by atoms with Gasteiger partial charge in [0.15, 0.2) is 5.76 Å². The Morgan fingerprint density at radius 1 is 1.32 bits per heavy atom. The molecular weight excluding hydrogens is 243 g/mol. The lowest BCUT2D eigenvalue weighted by Gasteiger charge is -2.18. The van der Waals surface area contributed by atoms with E-state index in [0.717, 1.165) is 5.56 Å². The maximum absolute atomic E-state index is 13.7. The third-order valence-corrected chi connectivity index (χ3v) is 2.71. The van der Waals surface area contributed by atoms with E-state index in [-0.39, 0.29) is 11.4 Å². The Morgan fingerprint density at radius 2 is 2.05 bits per heavy atom. The summed E-state index contributed by atoms with van der Waals surface area (Å²) in [4.78, 5) is 4.17. The van der Waals surface area contributed by atoms with E-state index in [9.17, 15) is 4.39 Å². The fourth-order valence-corrected chi connectivity index (χ4v) is 1.69. The molecule has 4 heteroatoms. The fourth-order valence-electron chi connectivity index (χ4n) is 1.69. The van der Waals surface area contributed by atoms with E-state index in [1.54, 1.807) is 18.3 Å². The van der Waals surface area contributed by atoms with Gasteiger partial charge in [0.05, 0.1) is 18.3 Å². The average molecular weight is 262 g/mol. The molecule has 0 amide bonds. The van der Waals surface area contributed by atoms with Crippen molar-refractivity contribution >= 4 is 0 Å². The maximum atomic E-state index is 13.7. The lowest BCUT2D eigenvalue weighted by Crippen LogP contribution is -2.35. The Morgan fingerprint density at radius 3 is 2.74 bits per heavy atom. The molecule has 0 saturated heterocycles. The molecule has 102 valence electrons. The molecule has 0 saturated carbocycles. The van der Waals surface area contributed by atoms with Gasteiger partial charge < -0.3 is 9.73 Å². The number of aryl methyl sites for hydroxylation is 1. The first-order valence-corrected chi connectivity index (χ1v) is 6.31. The molecule has 1 heterocycles. The Hall–Kier alpha value is -1.68. The molecular formula is C15H19FN2O. The molecule has 0 bridgehead atoms. The summed E-state index contributed by atoms with van der Waals surface area (Å²) in [5.74, 6) is 0.731. The second-order valence-electron chi connectivity index (χ2n) is 5.71. The van der Waals surface area contributed by atoms with Crippen LogP contribution in [0.25, 0.3) is 11.3 Å². The van der Waals surface area contributed by atoms with Crippen LogP contribution in [0.1, 0.15) is 32.2 Å². The molecule has 0 fully saturated rings. The highest BCUT2D eigenvalue weighted by molar-refractivity contribution is 5.58.